The lowest BCUT2D eigenvalue weighted by atomic mass is 10.1. The molecule has 3 aromatic rings. The van der Waals surface area contributed by atoms with E-state index in [1.165, 1.54) is 66.7 Å². The summed E-state index contributed by atoms with van der Waals surface area (Å²) in [6.45, 7) is 4.90. The van der Waals surface area contributed by atoms with Gasteiger partial charge in [0.2, 0.25) is 0 Å². The monoisotopic (exact) mass is 598 g/mol. The minimum Gasteiger partial charge on any atom is -0.494 e. The first-order chi connectivity index (χ1) is 20.1. The third-order valence-corrected chi connectivity index (χ3v) is 6.79. The van der Waals surface area contributed by atoms with Crippen molar-refractivity contribution < 1.29 is 46.5 Å². The molecule has 0 aliphatic carbocycles. The number of benzene rings is 3. The zero-order valence-electron chi connectivity index (χ0n) is 23.2. The molecule has 0 aliphatic heterocycles. The van der Waals surface area contributed by atoms with E-state index in [4.69, 9.17) is 18.9 Å². The summed E-state index contributed by atoms with van der Waals surface area (Å²) in [5.41, 5.74) is -0.119. The second-order valence-corrected chi connectivity index (χ2v) is 10.1. The quantitative estimate of drug-likeness (QED) is 0.217. The van der Waals surface area contributed by atoms with Gasteiger partial charge >= 0.3 is 17.9 Å². The van der Waals surface area contributed by atoms with E-state index in [2.05, 4.69) is 10.0 Å². The Kier molecular flexibility index (Phi) is 11.0. The minimum absolute atomic E-state index is 0.00318. The first kappa shape index (κ1) is 31.6. The van der Waals surface area contributed by atoms with Crippen molar-refractivity contribution in [2.45, 2.75) is 25.7 Å². The van der Waals surface area contributed by atoms with Crippen LogP contribution < -0.4 is 14.8 Å². The van der Waals surface area contributed by atoms with E-state index in [0.29, 0.717) is 12.4 Å². The van der Waals surface area contributed by atoms with Gasteiger partial charge in [0.1, 0.15) is 5.75 Å². The van der Waals surface area contributed by atoms with Gasteiger partial charge in [0.15, 0.2) is 6.61 Å². The Labute approximate surface area is 243 Å². The molecule has 3 rings (SSSR count). The first-order valence-electron chi connectivity index (χ1n) is 12.9. The van der Waals surface area contributed by atoms with Crippen LogP contribution in [0, 0.1) is 0 Å². The maximum atomic E-state index is 12.9. The fourth-order valence-corrected chi connectivity index (χ4v) is 4.69. The van der Waals surface area contributed by atoms with Crippen LogP contribution in [0.5, 0.6) is 5.75 Å². The highest BCUT2D eigenvalue weighted by Crippen LogP contribution is 2.23. The molecule has 222 valence electrons. The number of esters is 3. The molecule has 0 aromatic heterocycles. The van der Waals surface area contributed by atoms with E-state index >= 15 is 0 Å². The maximum absolute atomic E-state index is 12.9. The Bertz CT molecular complexity index is 1520. The molecule has 0 radical (unpaired) electrons. The number of nitrogens with one attached hydrogen (secondary N) is 2. The maximum Gasteiger partial charge on any atom is 0.340 e. The van der Waals surface area contributed by atoms with Gasteiger partial charge in [-0.25, -0.2) is 22.8 Å². The second kappa shape index (κ2) is 14.6. The van der Waals surface area contributed by atoms with Gasteiger partial charge in [-0.2, -0.15) is 0 Å². The number of sulfonamides is 1. The molecule has 0 unspecified atom stereocenters. The molecule has 3 aromatic carbocycles. The number of hydrogen-bond acceptors (Lipinski definition) is 10. The van der Waals surface area contributed by atoms with Crippen LogP contribution in [0.15, 0.2) is 71.6 Å². The van der Waals surface area contributed by atoms with Crippen molar-refractivity contribution in [1.82, 2.24) is 0 Å². The van der Waals surface area contributed by atoms with Crippen molar-refractivity contribution in [2.75, 3.05) is 36.5 Å². The smallest absolute Gasteiger partial charge is 0.340 e. The largest absolute Gasteiger partial charge is 0.494 e. The zero-order valence-corrected chi connectivity index (χ0v) is 24.0. The molecule has 0 saturated carbocycles. The number of carbonyl (C=O) groups is 4. The van der Waals surface area contributed by atoms with Gasteiger partial charge in [-0.1, -0.05) is 12.1 Å². The van der Waals surface area contributed by atoms with Gasteiger partial charge in [0, 0.05) is 5.69 Å². The molecule has 12 nitrogen and oxygen atoms in total. The number of anilines is 2. The normalized spacial score (nSPS) is 10.7. The summed E-state index contributed by atoms with van der Waals surface area (Å²) < 4.78 is 48.6. The van der Waals surface area contributed by atoms with E-state index in [-0.39, 0.29) is 46.2 Å². The Hall–Kier alpha value is -4.91. The highest BCUT2D eigenvalue weighted by Gasteiger charge is 2.21. The van der Waals surface area contributed by atoms with Crippen LogP contribution in [0.3, 0.4) is 0 Å². The van der Waals surface area contributed by atoms with E-state index in [1.54, 1.807) is 20.8 Å². The fourth-order valence-electron chi connectivity index (χ4n) is 3.61. The Balaban J connectivity index is 1.71. The molecule has 0 spiro atoms. The van der Waals surface area contributed by atoms with Gasteiger partial charge in [-0.3, -0.25) is 9.52 Å². The van der Waals surface area contributed by atoms with Gasteiger partial charge in [-0.05, 0) is 75.4 Å². The Morgan fingerprint density at radius 1 is 0.714 bits per heavy atom. The molecule has 42 heavy (non-hydrogen) atoms. The topological polar surface area (TPSA) is 163 Å². The van der Waals surface area contributed by atoms with E-state index in [1.807, 2.05) is 0 Å². The highest BCUT2D eigenvalue weighted by atomic mass is 32.2. The molecule has 0 fully saturated rings. The van der Waals surface area contributed by atoms with E-state index in [9.17, 15) is 27.6 Å². The average Bonchev–Trinajstić information content (AvgIpc) is 2.96. The van der Waals surface area contributed by atoms with Crippen LogP contribution >= 0.6 is 0 Å². The average molecular weight is 599 g/mol. The number of amides is 1. The zero-order chi connectivity index (χ0) is 30.7. The van der Waals surface area contributed by atoms with Gasteiger partial charge in [-0.15, -0.1) is 0 Å². The van der Waals surface area contributed by atoms with Crippen molar-refractivity contribution in [2.24, 2.45) is 0 Å². The minimum atomic E-state index is -4.07. The summed E-state index contributed by atoms with van der Waals surface area (Å²) in [4.78, 5) is 49.8. The lowest BCUT2D eigenvalue weighted by Crippen LogP contribution is -2.22. The fraction of sp³-hybridized carbons (Fsp3) is 0.241. The Morgan fingerprint density at radius 2 is 1.31 bits per heavy atom. The van der Waals surface area contributed by atoms with Crippen LogP contribution in [0.1, 0.15) is 51.8 Å². The van der Waals surface area contributed by atoms with Crippen LogP contribution in [-0.2, 0) is 29.0 Å². The molecule has 0 heterocycles. The van der Waals surface area contributed by atoms with Crippen LogP contribution in [0.25, 0.3) is 0 Å². The standard InChI is InChI=1S/C29H30N2O10S/c1-4-38-22-11-13-23(14-12-22)42(36,37)31-25-10-8-7-9-24(25)29(35)41-18-26(32)30-21-16-19(27(33)39-5-2)15-20(17-21)28(34)40-6-3/h7-17,31H,4-6,18H2,1-3H3,(H,30,32). The molecule has 0 saturated heterocycles. The number of rotatable bonds is 13. The predicted molar refractivity (Wildman–Crippen MR) is 152 cm³/mol. The second-order valence-electron chi connectivity index (χ2n) is 8.42. The molecule has 0 atom stereocenters. The number of ether oxygens (including phenoxy) is 4. The van der Waals surface area contributed by atoms with Gasteiger partial charge in [0.05, 0.1) is 47.1 Å². The molecule has 2 N–H and O–H groups in total. The van der Waals surface area contributed by atoms with Crippen molar-refractivity contribution in [3.05, 3.63) is 83.4 Å². The van der Waals surface area contributed by atoms with Crippen molar-refractivity contribution >= 4 is 45.2 Å². The summed E-state index contributed by atoms with van der Waals surface area (Å²) in [6, 6.07) is 15.4. The molecule has 13 heteroatoms. The first-order valence-corrected chi connectivity index (χ1v) is 14.4. The SMILES string of the molecule is CCOC(=O)c1cc(NC(=O)COC(=O)c2ccccc2NS(=O)(=O)c2ccc(OCC)cc2)cc(C(=O)OCC)c1. The number of para-hydroxylation sites is 1. The lowest BCUT2D eigenvalue weighted by Gasteiger charge is -2.13. The molecular weight excluding hydrogens is 568 g/mol. The molecule has 0 aliphatic rings. The number of hydrogen-bond donors (Lipinski definition) is 2. The summed E-state index contributed by atoms with van der Waals surface area (Å²) in [5, 5.41) is 2.46. The van der Waals surface area contributed by atoms with Crippen molar-refractivity contribution in [1.29, 1.82) is 0 Å². The molecule has 0 bridgehead atoms. The van der Waals surface area contributed by atoms with Crippen LogP contribution in [0.2, 0.25) is 0 Å². The summed E-state index contributed by atoms with van der Waals surface area (Å²) in [5.74, 6) is -2.68. The molecule has 1 amide bonds. The van der Waals surface area contributed by atoms with Crippen LogP contribution in [0.4, 0.5) is 11.4 Å². The lowest BCUT2D eigenvalue weighted by molar-refractivity contribution is -0.119. The summed E-state index contributed by atoms with van der Waals surface area (Å²) in [7, 11) is -4.07. The Morgan fingerprint density at radius 3 is 1.88 bits per heavy atom. The van der Waals surface area contributed by atoms with Crippen molar-refractivity contribution in [3.8, 4) is 5.75 Å². The third-order valence-electron chi connectivity index (χ3n) is 5.41. The van der Waals surface area contributed by atoms with Gasteiger partial charge in [0.25, 0.3) is 15.9 Å². The predicted octanol–water partition coefficient (Wildman–Crippen LogP) is 4.04. The van der Waals surface area contributed by atoms with E-state index < -0.39 is 40.4 Å². The van der Waals surface area contributed by atoms with Crippen LogP contribution in [-0.4, -0.2) is 58.7 Å². The summed E-state index contributed by atoms with van der Waals surface area (Å²) in [6.07, 6.45) is 0. The number of carbonyl (C=O) groups excluding carboxylic acids is 4. The third kappa shape index (κ3) is 8.54. The van der Waals surface area contributed by atoms with E-state index in [0.717, 1.165) is 0 Å². The van der Waals surface area contributed by atoms with Gasteiger partial charge < -0.3 is 24.3 Å². The summed E-state index contributed by atoms with van der Waals surface area (Å²) >= 11 is 0. The highest BCUT2D eigenvalue weighted by molar-refractivity contribution is 7.92. The van der Waals surface area contributed by atoms with Crippen molar-refractivity contribution in [3.63, 3.8) is 0 Å². The molecular formula is C29H30N2O10S.